The molecule has 0 atom stereocenters. The molecule has 24 heavy (non-hydrogen) atoms. The van der Waals surface area contributed by atoms with Crippen molar-refractivity contribution in [2.75, 3.05) is 5.73 Å². The zero-order valence-corrected chi connectivity index (χ0v) is 14.0. The number of benzene rings is 2. The molecule has 1 heterocycles. The van der Waals surface area contributed by atoms with Crippen molar-refractivity contribution in [3.8, 4) is 5.75 Å². The third-order valence-corrected chi connectivity index (χ3v) is 5.19. The van der Waals surface area contributed by atoms with Crippen LogP contribution < -0.4 is 5.73 Å². The normalized spacial score (nSPS) is 15.4. The molecule has 3 aromatic rings. The lowest BCUT2D eigenvalue weighted by Crippen LogP contribution is -2.30. The molecule has 0 amide bonds. The van der Waals surface area contributed by atoms with Crippen LogP contribution in [-0.2, 0) is 11.8 Å². The summed E-state index contributed by atoms with van der Waals surface area (Å²) < 4.78 is 0. The Balaban J connectivity index is 2.09. The number of hydrogen-bond acceptors (Lipinski definition) is 3. The molecule has 1 aliphatic rings. The summed E-state index contributed by atoms with van der Waals surface area (Å²) in [6.45, 7) is 6.11. The van der Waals surface area contributed by atoms with E-state index in [2.05, 4.69) is 18.8 Å². The SMILES string of the molecule is CCc1cc2c(cc1O)C(C)(C)c1[nH]c3cc(N)ccc3c1C2=O. The molecule has 4 nitrogen and oxygen atoms in total. The number of nitrogen functional groups attached to an aromatic ring is 1. The van der Waals surface area contributed by atoms with Crippen molar-refractivity contribution in [3.63, 3.8) is 0 Å². The van der Waals surface area contributed by atoms with E-state index in [-0.39, 0.29) is 11.5 Å². The smallest absolute Gasteiger partial charge is 0.195 e. The Morgan fingerprint density at radius 3 is 2.67 bits per heavy atom. The Kier molecular flexibility index (Phi) is 2.86. The lowest BCUT2D eigenvalue weighted by atomic mass is 9.70. The second-order valence-electron chi connectivity index (χ2n) is 7.01. The number of aryl methyl sites for hydroxylation is 1. The molecule has 4 rings (SSSR count). The highest BCUT2D eigenvalue weighted by molar-refractivity contribution is 6.20. The molecule has 0 fully saturated rings. The minimum atomic E-state index is -0.407. The van der Waals surface area contributed by atoms with Gasteiger partial charge in [-0.25, -0.2) is 0 Å². The number of aromatic nitrogens is 1. The van der Waals surface area contributed by atoms with E-state index >= 15 is 0 Å². The van der Waals surface area contributed by atoms with Crippen molar-refractivity contribution in [3.05, 3.63) is 58.3 Å². The maximum atomic E-state index is 13.2. The average molecular weight is 320 g/mol. The summed E-state index contributed by atoms with van der Waals surface area (Å²) in [6, 6.07) is 9.17. The Morgan fingerprint density at radius 2 is 1.96 bits per heavy atom. The molecular weight excluding hydrogens is 300 g/mol. The van der Waals surface area contributed by atoms with Crippen LogP contribution in [0.5, 0.6) is 5.75 Å². The quantitative estimate of drug-likeness (QED) is 0.595. The zero-order valence-electron chi connectivity index (χ0n) is 14.0. The molecule has 122 valence electrons. The Morgan fingerprint density at radius 1 is 1.21 bits per heavy atom. The van der Waals surface area contributed by atoms with Gasteiger partial charge in [0.2, 0.25) is 0 Å². The number of fused-ring (bicyclic) bond motifs is 4. The summed E-state index contributed by atoms with van der Waals surface area (Å²) in [4.78, 5) is 16.6. The van der Waals surface area contributed by atoms with Gasteiger partial charge in [-0.05, 0) is 41.8 Å². The number of ketones is 1. The summed E-state index contributed by atoms with van der Waals surface area (Å²) >= 11 is 0. The van der Waals surface area contributed by atoms with Crippen LogP contribution in [0.25, 0.3) is 10.9 Å². The lowest BCUT2D eigenvalue weighted by molar-refractivity contribution is 0.103. The molecule has 0 saturated heterocycles. The minimum Gasteiger partial charge on any atom is -0.508 e. The van der Waals surface area contributed by atoms with Crippen molar-refractivity contribution in [2.45, 2.75) is 32.6 Å². The molecule has 1 aliphatic carbocycles. The molecular formula is C20H20N2O2. The van der Waals surface area contributed by atoms with Crippen LogP contribution in [0.4, 0.5) is 5.69 Å². The van der Waals surface area contributed by atoms with Gasteiger partial charge in [0.15, 0.2) is 5.78 Å². The van der Waals surface area contributed by atoms with Gasteiger partial charge in [0, 0.05) is 33.3 Å². The minimum absolute atomic E-state index is 0.00467. The molecule has 4 heteroatoms. The van der Waals surface area contributed by atoms with Crippen LogP contribution in [0, 0.1) is 0 Å². The fourth-order valence-corrected chi connectivity index (χ4v) is 3.81. The van der Waals surface area contributed by atoms with Gasteiger partial charge in [-0.2, -0.15) is 0 Å². The molecule has 2 aromatic carbocycles. The largest absolute Gasteiger partial charge is 0.508 e. The Hall–Kier alpha value is -2.75. The van der Waals surface area contributed by atoms with Crippen molar-refractivity contribution in [1.82, 2.24) is 4.98 Å². The molecule has 4 N–H and O–H groups in total. The number of phenols is 1. The number of nitrogens with one attached hydrogen (secondary N) is 1. The second kappa shape index (κ2) is 4.63. The van der Waals surface area contributed by atoms with Gasteiger partial charge in [0.05, 0.1) is 5.56 Å². The van der Waals surface area contributed by atoms with Crippen LogP contribution >= 0.6 is 0 Å². The summed E-state index contributed by atoms with van der Waals surface area (Å²) in [5.41, 5.74) is 10.9. The van der Waals surface area contributed by atoms with Gasteiger partial charge in [-0.1, -0.05) is 26.8 Å². The Labute approximate surface area is 140 Å². The molecule has 0 saturated carbocycles. The first kappa shape index (κ1) is 14.8. The van der Waals surface area contributed by atoms with E-state index in [0.717, 1.165) is 33.3 Å². The van der Waals surface area contributed by atoms with E-state index in [1.807, 2.05) is 31.2 Å². The van der Waals surface area contributed by atoms with E-state index in [9.17, 15) is 9.90 Å². The predicted octanol–water partition coefficient (Wildman–Crippen LogP) is 3.89. The van der Waals surface area contributed by atoms with Crippen molar-refractivity contribution in [1.29, 1.82) is 0 Å². The third-order valence-electron chi connectivity index (χ3n) is 5.19. The van der Waals surface area contributed by atoms with Gasteiger partial charge < -0.3 is 15.8 Å². The zero-order chi connectivity index (χ0) is 17.2. The van der Waals surface area contributed by atoms with Crippen molar-refractivity contribution in [2.24, 2.45) is 0 Å². The highest BCUT2D eigenvalue weighted by atomic mass is 16.3. The van der Waals surface area contributed by atoms with E-state index < -0.39 is 5.41 Å². The summed E-state index contributed by atoms with van der Waals surface area (Å²) in [6.07, 6.45) is 0.685. The van der Waals surface area contributed by atoms with Crippen LogP contribution in [0.15, 0.2) is 30.3 Å². The highest BCUT2D eigenvalue weighted by Gasteiger charge is 2.40. The Bertz CT molecular complexity index is 1010. The lowest BCUT2D eigenvalue weighted by Gasteiger charge is -2.32. The average Bonchev–Trinajstić information content (AvgIpc) is 2.92. The van der Waals surface area contributed by atoms with Crippen LogP contribution in [0.1, 0.15) is 53.5 Å². The monoisotopic (exact) mass is 320 g/mol. The number of aromatic amines is 1. The number of H-pyrrole nitrogens is 1. The predicted molar refractivity (Wildman–Crippen MR) is 95.8 cm³/mol. The summed E-state index contributed by atoms with van der Waals surface area (Å²) in [5, 5.41) is 11.2. The number of rotatable bonds is 1. The number of phenolic OH excluding ortho intramolecular Hbond substituents is 1. The van der Waals surface area contributed by atoms with E-state index in [0.29, 0.717) is 17.7 Å². The first-order valence-corrected chi connectivity index (χ1v) is 8.17. The fraction of sp³-hybridized carbons (Fsp3) is 0.250. The van der Waals surface area contributed by atoms with Gasteiger partial charge in [0.1, 0.15) is 5.75 Å². The van der Waals surface area contributed by atoms with Crippen molar-refractivity contribution >= 4 is 22.4 Å². The highest BCUT2D eigenvalue weighted by Crippen LogP contribution is 2.45. The topological polar surface area (TPSA) is 79.1 Å². The molecule has 0 aliphatic heterocycles. The van der Waals surface area contributed by atoms with Crippen LogP contribution in [-0.4, -0.2) is 15.9 Å². The molecule has 0 radical (unpaired) electrons. The number of nitrogens with two attached hydrogens (primary N) is 1. The van der Waals surface area contributed by atoms with Gasteiger partial charge in [-0.3, -0.25) is 4.79 Å². The summed E-state index contributed by atoms with van der Waals surface area (Å²) in [5.74, 6) is 0.256. The summed E-state index contributed by atoms with van der Waals surface area (Å²) in [7, 11) is 0. The van der Waals surface area contributed by atoms with Gasteiger partial charge in [0.25, 0.3) is 0 Å². The molecule has 0 bridgehead atoms. The van der Waals surface area contributed by atoms with Crippen LogP contribution in [0.2, 0.25) is 0 Å². The maximum absolute atomic E-state index is 13.2. The van der Waals surface area contributed by atoms with Gasteiger partial charge >= 0.3 is 0 Å². The fourth-order valence-electron chi connectivity index (χ4n) is 3.81. The van der Waals surface area contributed by atoms with Crippen molar-refractivity contribution < 1.29 is 9.90 Å². The van der Waals surface area contributed by atoms with Gasteiger partial charge in [-0.15, -0.1) is 0 Å². The number of carbonyl (C=O) groups is 1. The molecule has 0 spiro atoms. The van der Waals surface area contributed by atoms with E-state index in [1.165, 1.54) is 0 Å². The second-order valence-corrected chi connectivity index (χ2v) is 7.01. The van der Waals surface area contributed by atoms with E-state index in [1.54, 1.807) is 6.07 Å². The number of hydrogen-bond donors (Lipinski definition) is 3. The third kappa shape index (κ3) is 1.77. The van der Waals surface area contributed by atoms with E-state index in [4.69, 9.17) is 5.73 Å². The first-order chi connectivity index (χ1) is 11.3. The maximum Gasteiger partial charge on any atom is 0.195 e. The first-order valence-electron chi connectivity index (χ1n) is 8.17. The number of anilines is 1. The number of aromatic hydroxyl groups is 1. The molecule has 0 unspecified atom stereocenters. The van der Waals surface area contributed by atoms with Crippen LogP contribution in [0.3, 0.4) is 0 Å². The standard InChI is InChI=1S/C20H20N2O2/c1-4-10-7-13-14(9-16(10)23)20(2,3)19-17(18(13)24)12-6-5-11(21)8-15(12)22-19/h5-9,22-23H,4,21H2,1-3H3. The molecule has 1 aromatic heterocycles. The number of carbonyl (C=O) groups excluding carboxylic acids is 1.